The minimum atomic E-state index is -0.376. The van der Waals surface area contributed by atoms with Gasteiger partial charge in [0, 0.05) is 23.4 Å². The second kappa shape index (κ2) is 6.37. The minimum absolute atomic E-state index is 0.141. The second-order valence-electron chi connectivity index (χ2n) is 4.65. The smallest absolute Gasteiger partial charge is 0.146 e. The molecule has 0 radical (unpaired) electrons. The van der Waals surface area contributed by atoms with E-state index >= 15 is 0 Å². The predicted octanol–water partition coefficient (Wildman–Crippen LogP) is 3.31. The zero-order chi connectivity index (χ0) is 14.7. The largest absolute Gasteiger partial charge is 0.326 e. The molecule has 0 atom stereocenters. The number of hydrogen-bond acceptors (Lipinski definition) is 2. The second-order valence-corrected chi connectivity index (χ2v) is 5.06. The molecule has 1 aromatic heterocycles. The third kappa shape index (κ3) is 2.72. The Kier molecular flexibility index (Phi) is 4.78. The molecule has 0 bridgehead atoms. The SMILES string of the molecule is CCc1nn(Cc2cccc(Cl)c2F)c(CC)c1CN. The van der Waals surface area contributed by atoms with E-state index in [1.54, 1.807) is 18.2 Å². The summed E-state index contributed by atoms with van der Waals surface area (Å²) in [7, 11) is 0. The number of rotatable bonds is 5. The highest BCUT2D eigenvalue weighted by atomic mass is 35.5. The fourth-order valence-corrected chi connectivity index (χ4v) is 2.66. The molecule has 0 aliphatic carbocycles. The Balaban J connectivity index is 2.43. The molecule has 2 N–H and O–H groups in total. The summed E-state index contributed by atoms with van der Waals surface area (Å²) in [6, 6.07) is 5.03. The maximum absolute atomic E-state index is 14.0. The number of halogens is 2. The third-order valence-corrected chi connectivity index (χ3v) is 3.77. The average molecular weight is 296 g/mol. The molecule has 0 aliphatic heterocycles. The first-order chi connectivity index (χ1) is 9.62. The molecule has 0 fully saturated rings. The van der Waals surface area contributed by atoms with E-state index in [2.05, 4.69) is 12.0 Å². The van der Waals surface area contributed by atoms with Crippen LogP contribution < -0.4 is 5.73 Å². The normalized spacial score (nSPS) is 11.1. The van der Waals surface area contributed by atoms with Crippen molar-refractivity contribution < 1.29 is 4.39 Å². The highest BCUT2D eigenvalue weighted by Gasteiger charge is 2.16. The van der Waals surface area contributed by atoms with Gasteiger partial charge in [-0.05, 0) is 18.9 Å². The number of nitrogens with zero attached hydrogens (tertiary/aromatic N) is 2. The summed E-state index contributed by atoms with van der Waals surface area (Å²) in [6.45, 7) is 4.94. The molecule has 0 aliphatic rings. The van der Waals surface area contributed by atoms with Gasteiger partial charge in [-0.25, -0.2) is 4.39 Å². The first kappa shape index (κ1) is 15.0. The van der Waals surface area contributed by atoms with Crippen LogP contribution in [0, 0.1) is 5.82 Å². The summed E-state index contributed by atoms with van der Waals surface area (Å²) in [5.74, 6) is -0.376. The average Bonchev–Trinajstić information content (AvgIpc) is 2.80. The van der Waals surface area contributed by atoms with E-state index in [4.69, 9.17) is 17.3 Å². The molecule has 2 rings (SSSR count). The van der Waals surface area contributed by atoms with E-state index in [0.29, 0.717) is 18.7 Å². The summed E-state index contributed by atoms with van der Waals surface area (Å²) in [5.41, 5.74) is 9.50. The molecule has 0 amide bonds. The fourth-order valence-electron chi connectivity index (χ4n) is 2.47. The highest BCUT2D eigenvalue weighted by Crippen LogP contribution is 2.21. The number of benzene rings is 1. The van der Waals surface area contributed by atoms with Gasteiger partial charge in [0.1, 0.15) is 5.82 Å². The molecule has 0 spiro atoms. The highest BCUT2D eigenvalue weighted by molar-refractivity contribution is 6.30. The molecule has 20 heavy (non-hydrogen) atoms. The van der Waals surface area contributed by atoms with Gasteiger partial charge in [0.25, 0.3) is 0 Å². The van der Waals surface area contributed by atoms with Crippen molar-refractivity contribution in [1.82, 2.24) is 9.78 Å². The zero-order valence-electron chi connectivity index (χ0n) is 11.8. The van der Waals surface area contributed by atoms with E-state index in [1.807, 2.05) is 11.6 Å². The quantitative estimate of drug-likeness (QED) is 0.920. The van der Waals surface area contributed by atoms with Crippen molar-refractivity contribution in [2.75, 3.05) is 0 Å². The third-order valence-electron chi connectivity index (χ3n) is 3.48. The molecular formula is C15H19ClFN3. The van der Waals surface area contributed by atoms with Gasteiger partial charge in [-0.2, -0.15) is 5.10 Å². The van der Waals surface area contributed by atoms with Gasteiger partial charge in [0.05, 0.1) is 17.3 Å². The Bertz CT molecular complexity index is 607. The molecule has 1 heterocycles. The van der Waals surface area contributed by atoms with Gasteiger partial charge < -0.3 is 5.73 Å². The summed E-state index contributed by atoms with van der Waals surface area (Å²) in [4.78, 5) is 0. The van der Waals surface area contributed by atoms with E-state index < -0.39 is 0 Å². The summed E-state index contributed by atoms with van der Waals surface area (Å²) < 4.78 is 15.8. The lowest BCUT2D eigenvalue weighted by Gasteiger charge is -2.09. The lowest BCUT2D eigenvalue weighted by molar-refractivity contribution is 0.573. The summed E-state index contributed by atoms with van der Waals surface area (Å²) >= 11 is 5.82. The monoisotopic (exact) mass is 295 g/mol. The molecule has 0 unspecified atom stereocenters. The summed E-state index contributed by atoms with van der Waals surface area (Å²) in [5, 5.41) is 4.70. The first-order valence-electron chi connectivity index (χ1n) is 6.82. The maximum Gasteiger partial charge on any atom is 0.146 e. The lowest BCUT2D eigenvalue weighted by Crippen LogP contribution is -2.09. The van der Waals surface area contributed by atoms with Crippen molar-refractivity contribution in [1.29, 1.82) is 0 Å². The van der Waals surface area contributed by atoms with Gasteiger partial charge in [0.2, 0.25) is 0 Å². The molecule has 1 aromatic carbocycles. The van der Waals surface area contributed by atoms with Gasteiger partial charge in [-0.1, -0.05) is 37.6 Å². The van der Waals surface area contributed by atoms with Crippen molar-refractivity contribution >= 4 is 11.6 Å². The standard InChI is InChI=1S/C15H19ClFN3/c1-3-13-11(8-18)14(4-2)20(19-13)9-10-6-5-7-12(16)15(10)17/h5-7H,3-4,8-9,18H2,1-2H3. The van der Waals surface area contributed by atoms with Crippen LogP contribution in [0.15, 0.2) is 18.2 Å². The number of aromatic nitrogens is 2. The van der Waals surface area contributed by atoms with E-state index in [1.165, 1.54) is 0 Å². The van der Waals surface area contributed by atoms with Crippen molar-refractivity contribution in [3.8, 4) is 0 Å². The summed E-state index contributed by atoms with van der Waals surface area (Å²) in [6.07, 6.45) is 1.65. The Morgan fingerprint density at radius 3 is 2.65 bits per heavy atom. The zero-order valence-corrected chi connectivity index (χ0v) is 12.5. The fraction of sp³-hybridized carbons (Fsp3) is 0.400. The van der Waals surface area contributed by atoms with Crippen molar-refractivity contribution in [3.63, 3.8) is 0 Å². The maximum atomic E-state index is 14.0. The molecule has 2 aromatic rings. The van der Waals surface area contributed by atoms with Crippen LogP contribution in [0.1, 0.15) is 36.4 Å². The Hall–Kier alpha value is -1.39. The van der Waals surface area contributed by atoms with Crippen LogP contribution in [0.25, 0.3) is 0 Å². The predicted molar refractivity (Wildman–Crippen MR) is 79.4 cm³/mol. The van der Waals surface area contributed by atoms with Crippen LogP contribution in [0.4, 0.5) is 4.39 Å². The van der Waals surface area contributed by atoms with E-state index in [0.717, 1.165) is 29.8 Å². The van der Waals surface area contributed by atoms with Crippen LogP contribution in [-0.4, -0.2) is 9.78 Å². The van der Waals surface area contributed by atoms with Crippen LogP contribution in [0.2, 0.25) is 5.02 Å². The van der Waals surface area contributed by atoms with Gasteiger partial charge in [-0.3, -0.25) is 4.68 Å². The Morgan fingerprint density at radius 2 is 2.05 bits per heavy atom. The van der Waals surface area contributed by atoms with Crippen molar-refractivity contribution in [2.24, 2.45) is 5.73 Å². The number of aryl methyl sites for hydroxylation is 1. The Labute approximate surface area is 123 Å². The van der Waals surface area contributed by atoms with Gasteiger partial charge in [0.15, 0.2) is 0 Å². The molecule has 3 nitrogen and oxygen atoms in total. The van der Waals surface area contributed by atoms with Crippen molar-refractivity contribution in [2.45, 2.75) is 39.8 Å². The van der Waals surface area contributed by atoms with Crippen LogP contribution in [0.3, 0.4) is 0 Å². The van der Waals surface area contributed by atoms with Crippen LogP contribution in [0.5, 0.6) is 0 Å². The molecule has 108 valence electrons. The van der Waals surface area contributed by atoms with Gasteiger partial charge >= 0.3 is 0 Å². The number of nitrogens with two attached hydrogens (primary N) is 1. The molecule has 0 saturated heterocycles. The van der Waals surface area contributed by atoms with Gasteiger partial charge in [-0.15, -0.1) is 0 Å². The van der Waals surface area contributed by atoms with Crippen molar-refractivity contribution in [3.05, 3.63) is 51.6 Å². The molecule has 5 heteroatoms. The minimum Gasteiger partial charge on any atom is -0.326 e. The topological polar surface area (TPSA) is 43.8 Å². The number of hydrogen-bond donors (Lipinski definition) is 1. The van der Waals surface area contributed by atoms with E-state index in [-0.39, 0.29) is 10.8 Å². The van der Waals surface area contributed by atoms with E-state index in [9.17, 15) is 4.39 Å². The first-order valence-corrected chi connectivity index (χ1v) is 7.20. The van der Waals surface area contributed by atoms with Crippen LogP contribution >= 0.6 is 11.6 Å². The Morgan fingerprint density at radius 1 is 1.30 bits per heavy atom. The lowest BCUT2D eigenvalue weighted by atomic mass is 10.1. The molecular weight excluding hydrogens is 277 g/mol. The molecule has 0 saturated carbocycles. The van der Waals surface area contributed by atoms with Crippen LogP contribution in [-0.2, 0) is 25.9 Å².